The van der Waals surface area contributed by atoms with Crippen LogP contribution in [0.15, 0.2) is 24.8 Å². The van der Waals surface area contributed by atoms with Crippen molar-refractivity contribution < 1.29 is 0 Å². The molecule has 0 aliphatic rings. The van der Waals surface area contributed by atoms with Crippen molar-refractivity contribution in [3.05, 3.63) is 30.6 Å². The van der Waals surface area contributed by atoms with E-state index in [1.54, 1.807) is 12.5 Å². The highest BCUT2D eigenvalue weighted by molar-refractivity contribution is 5.47. The Hall–Kier alpha value is -2.11. The van der Waals surface area contributed by atoms with Crippen LogP contribution in [0.2, 0.25) is 0 Å². The van der Waals surface area contributed by atoms with E-state index in [-0.39, 0.29) is 0 Å². The van der Waals surface area contributed by atoms with Gasteiger partial charge in [0.05, 0.1) is 6.33 Å². The van der Waals surface area contributed by atoms with Crippen LogP contribution in [0.5, 0.6) is 0 Å². The molecule has 0 aromatic carbocycles. The van der Waals surface area contributed by atoms with Crippen LogP contribution in [0.1, 0.15) is 25.6 Å². The van der Waals surface area contributed by atoms with E-state index in [9.17, 15) is 0 Å². The first-order valence-electron chi connectivity index (χ1n) is 6.45. The molecule has 2 rings (SSSR count). The number of hydrogen-bond acceptors (Lipinski definition) is 5. The maximum Gasteiger partial charge on any atom is 0.135 e. The quantitative estimate of drug-likeness (QED) is 0.831. The van der Waals surface area contributed by atoms with E-state index in [0.717, 1.165) is 30.5 Å². The van der Waals surface area contributed by atoms with Crippen LogP contribution in [0, 0.1) is 0 Å². The molecule has 19 heavy (non-hydrogen) atoms. The molecule has 0 radical (unpaired) electrons. The lowest BCUT2D eigenvalue weighted by atomic mass is 10.2. The van der Waals surface area contributed by atoms with Crippen molar-refractivity contribution in [1.29, 1.82) is 0 Å². The van der Waals surface area contributed by atoms with E-state index in [4.69, 9.17) is 0 Å². The average Bonchev–Trinajstić information content (AvgIpc) is 2.91. The molecule has 2 heterocycles. The molecule has 6 nitrogen and oxygen atoms in total. The van der Waals surface area contributed by atoms with Crippen LogP contribution in [-0.2, 0) is 6.54 Å². The molecule has 0 spiro atoms. The fourth-order valence-electron chi connectivity index (χ4n) is 1.67. The lowest BCUT2D eigenvalue weighted by Gasteiger charge is -2.11. The highest BCUT2D eigenvalue weighted by atomic mass is 15.1. The molecule has 0 saturated carbocycles. The zero-order valence-corrected chi connectivity index (χ0v) is 11.6. The molecule has 0 unspecified atom stereocenters. The summed E-state index contributed by atoms with van der Waals surface area (Å²) in [7, 11) is 1.86. The highest BCUT2D eigenvalue weighted by Crippen LogP contribution is 2.16. The fraction of sp³-hybridized carbons (Fsp3) is 0.462. The van der Waals surface area contributed by atoms with Gasteiger partial charge in [0.2, 0.25) is 0 Å². The van der Waals surface area contributed by atoms with Crippen molar-refractivity contribution in [3.63, 3.8) is 0 Å². The smallest absolute Gasteiger partial charge is 0.135 e. The summed E-state index contributed by atoms with van der Waals surface area (Å²) >= 11 is 0. The van der Waals surface area contributed by atoms with Gasteiger partial charge in [-0.2, -0.15) is 0 Å². The molecular weight excluding hydrogens is 240 g/mol. The number of aromatic nitrogens is 4. The lowest BCUT2D eigenvalue weighted by molar-refractivity contribution is 0.721. The number of hydrogen-bond donors (Lipinski definition) is 2. The summed E-state index contributed by atoms with van der Waals surface area (Å²) in [5.41, 5.74) is 0. The van der Waals surface area contributed by atoms with E-state index < -0.39 is 0 Å². The predicted molar refractivity (Wildman–Crippen MR) is 76.4 cm³/mol. The Kier molecular flexibility index (Phi) is 4.33. The third-order valence-electron chi connectivity index (χ3n) is 2.75. The van der Waals surface area contributed by atoms with E-state index in [0.29, 0.717) is 5.92 Å². The summed E-state index contributed by atoms with van der Waals surface area (Å²) < 4.78 is 2.02. The van der Waals surface area contributed by atoms with Gasteiger partial charge in [0.15, 0.2) is 0 Å². The number of anilines is 2. The van der Waals surface area contributed by atoms with E-state index in [2.05, 4.69) is 39.4 Å². The molecular formula is C13H20N6. The molecule has 0 bridgehead atoms. The van der Waals surface area contributed by atoms with Gasteiger partial charge in [-0.3, -0.25) is 0 Å². The van der Waals surface area contributed by atoms with E-state index in [1.807, 2.05) is 23.9 Å². The predicted octanol–water partition coefficient (Wildman–Crippen LogP) is 1.95. The second kappa shape index (κ2) is 6.17. The Labute approximate surface area is 113 Å². The highest BCUT2D eigenvalue weighted by Gasteiger charge is 2.07. The average molecular weight is 260 g/mol. The molecule has 102 valence electrons. The molecule has 0 atom stereocenters. The number of nitrogens with one attached hydrogen (secondary N) is 2. The van der Waals surface area contributed by atoms with Crippen molar-refractivity contribution in [2.45, 2.75) is 26.3 Å². The maximum absolute atomic E-state index is 4.51. The number of rotatable bonds is 6. The SMILES string of the molecule is CNc1cc(NCCn2ccnc2)nc(C(C)C)n1. The molecule has 0 aliphatic heterocycles. The molecule has 2 N–H and O–H groups in total. The molecule has 2 aromatic rings. The van der Waals surface area contributed by atoms with E-state index in [1.165, 1.54) is 0 Å². The largest absolute Gasteiger partial charge is 0.373 e. The summed E-state index contributed by atoms with van der Waals surface area (Å²) in [6.45, 7) is 5.83. The van der Waals surface area contributed by atoms with E-state index >= 15 is 0 Å². The molecule has 0 aliphatic carbocycles. The van der Waals surface area contributed by atoms with Gasteiger partial charge in [-0.25, -0.2) is 15.0 Å². The minimum Gasteiger partial charge on any atom is -0.373 e. The molecule has 0 saturated heterocycles. The van der Waals surface area contributed by atoms with Crippen molar-refractivity contribution in [2.75, 3.05) is 24.2 Å². The number of imidazole rings is 1. The van der Waals surface area contributed by atoms with Gasteiger partial charge in [0.1, 0.15) is 17.5 Å². The van der Waals surface area contributed by atoms with Gasteiger partial charge >= 0.3 is 0 Å². The molecule has 0 amide bonds. The zero-order valence-electron chi connectivity index (χ0n) is 11.6. The zero-order chi connectivity index (χ0) is 13.7. The minimum absolute atomic E-state index is 0.308. The minimum atomic E-state index is 0.308. The van der Waals surface area contributed by atoms with Crippen molar-refractivity contribution in [1.82, 2.24) is 19.5 Å². The van der Waals surface area contributed by atoms with Gasteiger partial charge in [-0.1, -0.05) is 13.8 Å². The van der Waals surface area contributed by atoms with Crippen LogP contribution in [0.4, 0.5) is 11.6 Å². The van der Waals surface area contributed by atoms with Crippen molar-refractivity contribution >= 4 is 11.6 Å². The third-order valence-corrected chi connectivity index (χ3v) is 2.75. The first-order chi connectivity index (χ1) is 9.19. The molecule has 6 heteroatoms. The Bertz CT molecular complexity index is 506. The second-order valence-corrected chi connectivity index (χ2v) is 4.63. The Morgan fingerprint density at radius 3 is 2.68 bits per heavy atom. The summed E-state index contributed by atoms with van der Waals surface area (Å²) in [6, 6.07) is 1.92. The third kappa shape index (κ3) is 3.67. The molecule has 0 fully saturated rings. The Morgan fingerprint density at radius 1 is 1.26 bits per heavy atom. The lowest BCUT2D eigenvalue weighted by Crippen LogP contribution is -2.12. The topological polar surface area (TPSA) is 67.7 Å². The molecule has 2 aromatic heterocycles. The maximum atomic E-state index is 4.51. The van der Waals surface area contributed by atoms with Crippen molar-refractivity contribution in [3.8, 4) is 0 Å². The van der Waals surface area contributed by atoms with Crippen LogP contribution in [-0.4, -0.2) is 33.1 Å². The summed E-state index contributed by atoms with van der Waals surface area (Å²) in [4.78, 5) is 13.0. The van der Waals surface area contributed by atoms with Gasteiger partial charge in [-0.05, 0) is 0 Å². The normalized spacial score (nSPS) is 10.7. The van der Waals surface area contributed by atoms with Crippen LogP contribution in [0.3, 0.4) is 0 Å². The van der Waals surface area contributed by atoms with Crippen LogP contribution >= 0.6 is 0 Å². The Morgan fingerprint density at radius 2 is 2.05 bits per heavy atom. The second-order valence-electron chi connectivity index (χ2n) is 4.63. The van der Waals surface area contributed by atoms with Crippen LogP contribution in [0.25, 0.3) is 0 Å². The fourth-order valence-corrected chi connectivity index (χ4v) is 1.67. The van der Waals surface area contributed by atoms with Crippen molar-refractivity contribution in [2.24, 2.45) is 0 Å². The summed E-state index contributed by atoms with van der Waals surface area (Å²) in [5.74, 6) is 2.84. The van der Waals surface area contributed by atoms with Gasteiger partial charge in [0.25, 0.3) is 0 Å². The first-order valence-corrected chi connectivity index (χ1v) is 6.45. The Balaban J connectivity index is 2.00. The summed E-state index contributed by atoms with van der Waals surface area (Å²) in [5, 5.41) is 6.37. The van der Waals surface area contributed by atoms with Gasteiger partial charge < -0.3 is 15.2 Å². The van der Waals surface area contributed by atoms with Gasteiger partial charge in [-0.15, -0.1) is 0 Å². The first kappa shape index (κ1) is 13.3. The monoisotopic (exact) mass is 260 g/mol. The van der Waals surface area contributed by atoms with Crippen LogP contribution < -0.4 is 10.6 Å². The van der Waals surface area contributed by atoms with Gasteiger partial charge in [0, 0.05) is 44.5 Å². The number of nitrogens with zero attached hydrogens (tertiary/aromatic N) is 4. The summed E-state index contributed by atoms with van der Waals surface area (Å²) in [6.07, 6.45) is 5.53. The standard InChI is InChI=1S/C13H20N6/c1-10(2)13-17-11(14-3)8-12(18-13)16-5-7-19-6-4-15-9-19/h4,6,8-10H,5,7H2,1-3H3,(H2,14,16,17,18).